The highest BCUT2D eigenvalue weighted by atomic mass is 16.5. The van der Waals surface area contributed by atoms with Crippen molar-refractivity contribution in [2.45, 2.75) is 25.7 Å². The minimum absolute atomic E-state index is 0.253. The molecular weight excluding hydrogens is 354 g/mol. The van der Waals surface area contributed by atoms with Gasteiger partial charge in [0.1, 0.15) is 0 Å². The van der Waals surface area contributed by atoms with Gasteiger partial charge < -0.3 is 9.84 Å². The number of aryl methyl sites for hydroxylation is 1. The van der Waals surface area contributed by atoms with Crippen LogP contribution in [0.1, 0.15) is 40.5 Å². The Labute approximate surface area is 160 Å². The molecule has 7 nitrogen and oxygen atoms in total. The molecule has 1 amide bonds. The van der Waals surface area contributed by atoms with Gasteiger partial charge in [-0.2, -0.15) is 0 Å². The fourth-order valence-electron chi connectivity index (χ4n) is 3.21. The summed E-state index contributed by atoms with van der Waals surface area (Å²) in [5.41, 5.74) is 3.89. The lowest BCUT2D eigenvalue weighted by Crippen LogP contribution is -2.14. The van der Waals surface area contributed by atoms with E-state index in [0.29, 0.717) is 39.8 Å². The van der Waals surface area contributed by atoms with E-state index in [1.807, 2.05) is 36.4 Å². The molecule has 7 heteroatoms. The first kappa shape index (κ1) is 16.6. The average molecular weight is 371 g/mol. The molecule has 0 saturated heterocycles. The van der Waals surface area contributed by atoms with Crippen LogP contribution in [0, 0.1) is 6.92 Å². The number of pyridine rings is 1. The van der Waals surface area contributed by atoms with Crippen molar-refractivity contribution < 1.29 is 9.32 Å². The number of hydrogen-bond donors (Lipinski definition) is 1. The van der Waals surface area contributed by atoms with Crippen LogP contribution in [0.3, 0.4) is 0 Å². The number of hydrogen-bond acceptors (Lipinski definition) is 6. The summed E-state index contributed by atoms with van der Waals surface area (Å²) in [4.78, 5) is 26.2. The number of anilines is 1. The van der Waals surface area contributed by atoms with Gasteiger partial charge in [0.2, 0.25) is 0 Å². The molecule has 28 heavy (non-hydrogen) atoms. The second kappa shape index (κ2) is 6.53. The van der Waals surface area contributed by atoms with Crippen LogP contribution in [0.4, 0.5) is 5.69 Å². The van der Waals surface area contributed by atoms with E-state index in [0.717, 1.165) is 24.1 Å². The van der Waals surface area contributed by atoms with Crippen LogP contribution in [0.25, 0.3) is 22.5 Å². The molecule has 0 bridgehead atoms. The number of rotatable bonds is 4. The predicted octanol–water partition coefficient (Wildman–Crippen LogP) is 4.12. The summed E-state index contributed by atoms with van der Waals surface area (Å²) >= 11 is 0. The summed E-state index contributed by atoms with van der Waals surface area (Å²) in [6.07, 6.45) is 5.38. The Bertz CT molecular complexity index is 1160. The third kappa shape index (κ3) is 3.00. The van der Waals surface area contributed by atoms with Crippen molar-refractivity contribution in [1.82, 2.24) is 20.1 Å². The van der Waals surface area contributed by atoms with E-state index < -0.39 is 0 Å². The molecule has 1 fully saturated rings. The number of carbonyl (C=O) groups excluding carboxylic acids is 1. The molecule has 1 aromatic carbocycles. The smallest absolute Gasteiger partial charge is 0.259 e. The molecule has 3 heterocycles. The molecule has 1 N–H and O–H groups in total. The Balaban J connectivity index is 1.45. The molecule has 4 aromatic rings. The molecule has 0 aliphatic heterocycles. The number of aromatic nitrogens is 4. The number of nitrogens with one attached hydrogen (secondary N) is 1. The van der Waals surface area contributed by atoms with Crippen molar-refractivity contribution in [3.05, 3.63) is 65.7 Å². The minimum Gasteiger partial charge on any atom is -0.336 e. The number of benzene rings is 1. The summed E-state index contributed by atoms with van der Waals surface area (Å²) < 4.78 is 5.31. The lowest BCUT2D eigenvalue weighted by Gasteiger charge is -2.08. The van der Waals surface area contributed by atoms with Gasteiger partial charge in [-0.25, -0.2) is 15.0 Å². The van der Waals surface area contributed by atoms with Crippen LogP contribution in [0.2, 0.25) is 0 Å². The number of nitrogens with zero attached hydrogens (tertiary/aromatic N) is 4. The van der Waals surface area contributed by atoms with Gasteiger partial charge in [-0.05, 0) is 25.8 Å². The van der Waals surface area contributed by atoms with E-state index >= 15 is 0 Å². The highest BCUT2D eigenvalue weighted by Crippen LogP contribution is 2.40. The standard InChI is InChI=1S/C21H17N5O2/c1-12-18-16(9-17(13-7-8-13)25-21(18)28-26-12)20(27)24-15-10-22-19(23-11-15)14-5-3-2-4-6-14/h2-6,9-11,13H,7-8H2,1H3,(H,24,27). The van der Waals surface area contributed by atoms with Crippen molar-refractivity contribution >= 4 is 22.7 Å². The van der Waals surface area contributed by atoms with Gasteiger partial charge >= 0.3 is 0 Å². The predicted molar refractivity (Wildman–Crippen MR) is 104 cm³/mol. The Hall–Kier alpha value is -3.61. The minimum atomic E-state index is -0.253. The molecule has 0 atom stereocenters. The van der Waals surface area contributed by atoms with Crippen LogP contribution in [0.15, 0.2) is 53.3 Å². The van der Waals surface area contributed by atoms with E-state index in [9.17, 15) is 4.79 Å². The van der Waals surface area contributed by atoms with Crippen molar-refractivity contribution in [2.24, 2.45) is 0 Å². The number of carbonyl (C=O) groups is 1. The summed E-state index contributed by atoms with van der Waals surface area (Å²) in [7, 11) is 0. The fraction of sp³-hybridized carbons (Fsp3) is 0.190. The molecule has 5 rings (SSSR count). The quantitative estimate of drug-likeness (QED) is 0.580. The first-order valence-corrected chi connectivity index (χ1v) is 9.15. The third-order valence-corrected chi connectivity index (χ3v) is 4.82. The normalized spacial score (nSPS) is 13.6. The van der Waals surface area contributed by atoms with Crippen molar-refractivity contribution in [2.75, 3.05) is 5.32 Å². The lowest BCUT2D eigenvalue weighted by atomic mass is 10.1. The monoisotopic (exact) mass is 371 g/mol. The van der Waals surface area contributed by atoms with Gasteiger partial charge in [0, 0.05) is 17.2 Å². The maximum absolute atomic E-state index is 13.0. The molecule has 0 radical (unpaired) electrons. The molecule has 1 aliphatic carbocycles. The Morgan fingerprint density at radius 2 is 1.89 bits per heavy atom. The Morgan fingerprint density at radius 3 is 2.61 bits per heavy atom. The summed E-state index contributed by atoms with van der Waals surface area (Å²) in [6, 6.07) is 11.5. The largest absolute Gasteiger partial charge is 0.336 e. The van der Waals surface area contributed by atoms with Gasteiger partial charge in [0.25, 0.3) is 11.6 Å². The van der Waals surface area contributed by atoms with E-state index in [1.165, 1.54) is 0 Å². The summed E-state index contributed by atoms with van der Waals surface area (Å²) in [5, 5.41) is 7.48. The summed E-state index contributed by atoms with van der Waals surface area (Å²) in [5.74, 6) is 0.752. The van der Waals surface area contributed by atoms with E-state index in [-0.39, 0.29) is 5.91 Å². The zero-order valence-electron chi connectivity index (χ0n) is 15.2. The molecule has 1 saturated carbocycles. The molecular formula is C21H17N5O2. The highest BCUT2D eigenvalue weighted by molar-refractivity contribution is 6.12. The number of fused-ring (bicyclic) bond motifs is 1. The Morgan fingerprint density at radius 1 is 1.14 bits per heavy atom. The van der Waals surface area contributed by atoms with Gasteiger partial charge in [0.15, 0.2) is 5.82 Å². The van der Waals surface area contributed by atoms with Gasteiger partial charge in [0.05, 0.1) is 34.7 Å². The summed E-state index contributed by atoms with van der Waals surface area (Å²) in [6.45, 7) is 1.80. The maximum atomic E-state index is 13.0. The fourth-order valence-corrected chi connectivity index (χ4v) is 3.21. The third-order valence-electron chi connectivity index (χ3n) is 4.82. The van der Waals surface area contributed by atoms with E-state index in [1.54, 1.807) is 19.3 Å². The number of amides is 1. The first-order chi connectivity index (χ1) is 13.7. The van der Waals surface area contributed by atoms with Gasteiger partial charge in [-0.15, -0.1) is 0 Å². The zero-order valence-corrected chi connectivity index (χ0v) is 15.2. The molecule has 1 aliphatic rings. The zero-order chi connectivity index (χ0) is 19.1. The molecule has 3 aromatic heterocycles. The second-order valence-corrected chi connectivity index (χ2v) is 6.93. The highest BCUT2D eigenvalue weighted by Gasteiger charge is 2.28. The molecule has 0 unspecified atom stereocenters. The van der Waals surface area contributed by atoms with E-state index in [2.05, 4.69) is 25.4 Å². The SMILES string of the molecule is Cc1noc2nc(C3CC3)cc(C(=O)Nc3cnc(-c4ccccc4)nc3)c12. The van der Waals surface area contributed by atoms with Crippen LogP contribution in [-0.2, 0) is 0 Å². The van der Waals surface area contributed by atoms with Gasteiger partial charge in [-0.3, -0.25) is 4.79 Å². The van der Waals surface area contributed by atoms with E-state index in [4.69, 9.17) is 4.52 Å². The van der Waals surface area contributed by atoms with Crippen LogP contribution in [-0.4, -0.2) is 26.0 Å². The van der Waals surface area contributed by atoms with Crippen molar-refractivity contribution in [3.8, 4) is 11.4 Å². The van der Waals surface area contributed by atoms with Crippen LogP contribution >= 0.6 is 0 Å². The van der Waals surface area contributed by atoms with Crippen molar-refractivity contribution in [1.29, 1.82) is 0 Å². The average Bonchev–Trinajstić information content (AvgIpc) is 3.52. The van der Waals surface area contributed by atoms with Crippen molar-refractivity contribution in [3.63, 3.8) is 0 Å². The van der Waals surface area contributed by atoms with Crippen LogP contribution < -0.4 is 5.32 Å². The second-order valence-electron chi connectivity index (χ2n) is 6.93. The molecule has 0 spiro atoms. The first-order valence-electron chi connectivity index (χ1n) is 9.15. The van der Waals surface area contributed by atoms with Crippen LogP contribution in [0.5, 0.6) is 0 Å². The Kier molecular flexibility index (Phi) is 3.86. The topological polar surface area (TPSA) is 93.8 Å². The van der Waals surface area contributed by atoms with Gasteiger partial charge in [-0.1, -0.05) is 35.5 Å². The maximum Gasteiger partial charge on any atom is 0.259 e. The molecule has 138 valence electrons. The lowest BCUT2D eigenvalue weighted by molar-refractivity contribution is 0.102.